The van der Waals surface area contributed by atoms with E-state index in [-0.39, 0.29) is 5.91 Å². The smallest absolute Gasteiger partial charge is 0.222 e. The van der Waals surface area contributed by atoms with Crippen LogP contribution < -0.4 is 5.32 Å². The van der Waals surface area contributed by atoms with Gasteiger partial charge in [0, 0.05) is 36.3 Å². The van der Waals surface area contributed by atoms with Crippen LogP contribution in [0.4, 0.5) is 0 Å². The first-order valence-electron chi connectivity index (χ1n) is 6.60. The molecule has 2 aromatic rings. The summed E-state index contributed by atoms with van der Waals surface area (Å²) < 4.78 is 2.02. The number of hydrogen-bond donors (Lipinski definition) is 1. The van der Waals surface area contributed by atoms with Crippen molar-refractivity contribution in [3.63, 3.8) is 0 Å². The van der Waals surface area contributed by atoms with Crippen molar-refractivity contribution in [1.82, 2.24) is 9.88 Å². The Morgan fingerprint density at radius 2 is 2.21 bits per heavy atom. The van der Waals surface area contributed by atoms with Crippen LogP contribution in [0.5, 0.6) is 0 Å². The predicted molar refractivity (Wildman–Crippen MR) is 73.1 cm³/mol. The van der Waals surface area contributed by atoms with Crippen molar-refractivity contribution in [3.8, 4) is 0 Å². The molecule has 1 aliphatic carbocycles. The highest BCUT2D eigenvalue weighted by atomic mass is 16.1. The van der Waals surface area contributed by atoms with Gasteiger partial charge in [-0.1, -0.05) is 12.1 Å². The molecule has 1 heterocycles. The highest BCUT2D eigenvalue weighted by Gasteiger charge is 2.22. The summed E-state index contributed by atoms with van der Waals surface area (Å²) in [4.78, 5) is 22.5. The van der Waals surface area contributed by atoms with E-state index in [4.69, 9.17) is 0 Å². The first-order valence-corrected chi connectivity index (χ1v) is 6.60. The van der Waals surface area contributed by atoms with Crippen LogP contribution in [0.15, 0.2) is 30.5 Å². The third kappa shape index (κ3) is 2.67. The van der Waals surface area contributed by atoms with Crippen molar-refractivity contribution >= 4 is 23.1 Å². The number of hydrogen-bond acceptors (Lipinski definition) is 2. The molecule has 0 spiro atoms. The SMILES string of the molecule is O=Cc1ccc2ccn(CCC(=O)NC3CC3)c2c1. The molecule has 1 aromatic heterocycles. The zero-order valence-electron chi connectivity index (χ0n) is 10.6. The highest BCUT2D eigenvalue weighted by Crippen LogP contribution is 2.19. The lowest BCUT2D eigenvalue weighted by atomic mass is 10.2. The van der Waals surface area contributed by atoms with Gasteiger partial charge >= 0.3 is 0 Å². The molecule has 1 aliphatic rings. The van der Waals surface area contributed by atoms with Crippen LogP contribution in [0.1, 0.15) is 29.6 Å². The van der Waals surface area contributed by atoms with Crippen LogP contribution in [0.25, 0.3) is 10.9 Å². The summed E-state index contributed by atoms with van der Waals surface area (Å²) in [6.45, 7) is 0.643. The standard InChI is InChI=1S/C15H16N2O2/c18-10-11-1-2-12-5-7-17(14(12)9-11)8-6-15(19)16-13-3-4-13/h1-2,5,7,9-10,13H,3-4,6,8H2,(H,16,19). The lowest BCUT2D eigenvalue weighted by Gasteiger charge is -2.06. The number of benzene rings is 1. The monoisotopic (exact) mass is 256 g/mol. The molecule has 0 radical (unpaired) electrons. The number of nitrogens with zero attached hydrogens (tertiary/aromatic N) is 1. The molecule has 1 saturated carbocycles. The van der Waals surface area contributed by atoms with Crippen molar-refractivity contribution in [2.24, 2.45) is 0 Å². The van der Waals surface area contributed by atoms with Gasteiger partial charge < -0.3 is 9.88 Å². The topological polar surface area (TPSA) is 51.1 Å². The molecule has 98 valence electrons. The van der Waals surface area contributed by atoms with Crippen LogP contribution in [-0.4, -0.2) is 22.8 Å². The van der Waals surface area contributed by atoms with E-state index in [1.54, 1.807) is 6.07 Å². The molecule has 19 heavy (non-hydrogen) atoms. The number of carbonyl (C=O) groups is 2. The maximum Gasteiger partial charge on any atom is 0.222 e. The Morgan fingerprint density at radius 3 is 2.95 bits per heavy atom. The molecular weight excluding hydrogens is 240 g/mol. The molecule has 0 saturated heterocycles. The van der Waals surface area contributed by atoms with E-state index in [9.17, 15) is 9.59 Å². The molecule has 1 amide bonds. The minimum atomic E-state index is 0.107. The van der Waals surface area contributed by atoms with Gasteiger partial charge in [0.2, 0.25) is 5.91 Å². The Morgan fingerprint density at radius 1 is 1.37 bits per heavy atom. The third-order valence-electron chi connectivity index (χ3n) is 3.46. The number of fused-ring (bicyclic) bond motifs is 1. The van der Waals surface area contributed by atoms with Crippen LogP contribution in [0.3, 0.4) is 0 Å². The van der Waals surface area contributed by atoms with E-state index in [0.717, 1.165) is 30.0 Å². The summed E-state index contributed by atoms with van der Waals surface area (Å²) in [7, 11) is 0. The molecule has 4 nitrogen and oxygen atoms in total. The number of amides is 1. The summed E-state index contributed by atoms with van der Waals surface area (Å²) in [6.07, 6.45) is 5.51. The molecule has 1 fully saturated rings. The molecule has 1 N–H and O–H groups in total. The zero-order chi connectivity index (χ0) is 13.2. The lowest BCUT2D eigenvalue weighted by Crippen LogP contribution is -2.26. The Kier molecular flexibility index (Phi) is 3.07. The number of aldehydes is 1. The third-order valence-corrected chi connectivity index (χ3v) is 3.46. The number of nitrogens with one attached hydrogen (secondary N) is 1. The maximum atomic E-state index is 11.7. The van der Waals surface area contributed by atoms with Gasteiger partial charge in [0.1, 0.15) is 6.29 Å². The van der Waals surface area contributed by atoms with Gasteiger partial charge in [-0.15, -0.1) is 0 Å². The molecule has 0 bridgehead atoms. The second-order valence-corrected chi connectivity index (χ2v) is 5.04. The van der Waals surface area contributed by atoms with Gasteiger partial charge in [-0.2, -0.15) is 0 Å². The van der Waals surface area contributed by atoms with Crippen molar-refractivity contribution in [3.05, 3.63) is 36.0 Å². The number of aryl methyl sites for hydroxylation is 1. The van der Waals surface area contributed by atoms with Gasteiger partial charge in [-0.25, -0.2) is 0 Å². The largest absolute Gasteiger partial charge is 0.353 e. The minimum absolute atomic E-state index is 0.107. The van der Waals surface area contributed by atoms with Crippen molar-refractivity contribution in [2.45, 2.75) is 31.8 Å². The normalized spacial score (nSPS) is 14.5. The van der Waals surface area contributed by atoms with Gasteiger partial charge in [0.25, 0.3) is 0 Å². The molecule has 1 aromatic carbocycles. The van der Waals surface area contributed by atoms with E-state index in [1.807, 2.05) is 29.0 Å². The molecule has 0 atom stereocenters. The van der Waals surface area contributed by atoms with Crippen LogP contribution in [0, 0.1) is 0 Å². The van der Waals surface area contributed by atoms with E-state index < -0.39 is 0 Å². The molecule has 0 unspecified atom stereocenters. The predicted octanol–water partition coefficient (Wildman–Crippen LogP) is 2.12. The Bertz CT molecular complexity index is 626. The molecule has 0 aliphatic heterocycles. The summed E-state index contributed by atoms with van der Waals surface area (Å²) in [5, 5.41) is 4.07. The molecular formula is C15H16N2O2. The van der Waals surface area contributed by atoms with Crippen LogP contribution in [0.2, 0.25) is 0 Å². The number of carbonyl (C=O) groups excluding carboxylic acids is 2. The Labute approximate surface area is 111 Å². The fourth-order valence-corrected chi connectivity index (χ4v) is 2.22. The number of rotatable bonds is 5. The summed E-state index contributed by atoms with van der Waals surface area (Å²) in [6, 6.07) is 8.01. The first kappa shape index (κ1) is 12.0. The lowest BCUT2D eigenvalue weighted by molar-refractivity contribution is -0.121. The second kappa shape index (κ2) is 4.88. The minimum Gasteiger partial charge on any atom is -0.353 e. The van der Waals surface area contributed by atoms with Crippen LogP contribution in [-0.2, 0) is 11.3 Å². The average molecular weight is 256 g/mol. The summed E-state index contributed by atoms with van der Waals surface area (Å²) in [5.74, 6) is 0.107. The van der Waals surface area contributed by atoms with E-state index in [0.29, 0.717) is 24.6 Å². The van der Waals surface area contributed by atoms with Crippen molar-refractivity contribution < 1.29 is 9.59 Å². The van der Waals surface area contributed by atoms with Crippen molar-refractivity contribution in [2.75, 3.05) is 0 Å². The fraction of sp³-hybridized carbons (Fsp3) is 0.333. The average Bonchev–Trinajstić information content (AvgIpc) is 3.14. The summed E-state index contributed by atoms with van der Waals surface area (Å²) in [5.41, 5.74) is 1.67. The maximum absolute atomic E-state index is 11.7. The zero-order valence-corrected chi connectivity index (χ0v) is 10.6. The summed E-state index contributed by atoms with van der Waals surface area (Å²) >= 11 is 0. The fourth-order valence-electron chi connectivity index (χ4n) is 2.22. The van der Waals surface area contributed by atoms with Gasteiger partial charge in [0.05, 0.1) is 0 Å². The quantitative estimate of drug-likeness (QED) is 0.833. The van der Waals surface area contributed by atoms with Crippen LogP contribution >= 0.6 is 0 Å². The van der Waals surface area contributed by atoms with E-state index in [1.165, 1.54) is 0 Å². The molecule has 3 rings (SSSR count). The van der Waals surface area contributed by atoms with E-state index >= 15 is 0 Å². The Balaban J connectivity index is 1.72. The Hall–Kier alpha value is -2.10. The van der Waals surface area contributed by atoms with Crippen molar-refractivity contribution in [1.29, 1.82) is 0 Å². The second-order valence-electron chi connectivity index (χ2n) is 5.04. The first-order chi connectivity index (χ1) is 9.26. The van der Waals surface area contributed by atoms with E-state index in [2.05, 4.69) is 5.32 Å². The van der Waals surface area contributed by atoms with Gasteiger partial charge in [-0.05, 0) is 30.4 Å². The van der Waals surface area contributed by atoms with Gasteiger partial charge in [0.15, 0.2) is 0 Å². The number of aromatic nitrogens is 1. The molecule has 4 heteroatoms. The van der Waals surface area contributed by atoms with Gasteiger partial charge in [-0.3, -0.25) is 9.59 Å². The highest BCUT2D eigenvalue weighted by molar-refractivity contribution is 5.87.